The van der Waals surface area contributed by atoms with E-state index in [4.69, 9.17) is 4.42 Å². The van der Waals surface area contributed by atoms with Crippen LogP contribution in [0.25, 0.3) is 0 Å². The van der Waals surface area contributed by atoms with E-state index < -0.39 is 0 Å². The van der Waals surface area contributed by atoms with Crippen molar-refractivity contribution in [3.8, 4) is 0 Å². The molecule has 0 N–H and O–H groups in total. The van der Waals surface area contributed by atoms with Gasteiger partial charge in [0.2, 0.25) is 0 Å². The van der Waals surface area contributed by atoms with Crippen LogP contribution in [0.15, 0.2) is 53.1 Å². The molecule has 0 radical (unpaired) electrons. The Morgan fingerprint density at radius 3 is 2.32 bits per heavy atom. The van der Waals surface area contributed by atoms with E-state index in [1.54, 1.807) is 17.0 Å². The standard InChI is InChI=1S/C17H18N2O3/c20-15(14-5-2-1-3-6-14)13-18-8-10-19(11-9-18)17(21)16-7-4-12-22-16/h1-7,12H,8-11,13H2. The molecule has 2 heterocycles. The third-order valence-electron chi connectivity index (χ3n) is 3.85. The number of carbonyl (C=O) groups excluding carboxylic acids is 2. The normalized spacial score (nSPS) is 15.7. The predicted octanol–water partition coefficient (Wildman–Crippen LogP) is 1.92. The maximum atomic E-state index is 12.2. The highest BCUT2D eigenvalue weighted by molar-refractivity contribution is 5.97. The van der Waals surface area contributed by atoms with E-state index in [2.05, 4.69) is 4.90 Å². The van der Waals surface area contributed by atoms with Gasteiger partial charge in [0, 0.05) is 31.7 Å². The minimum Gasteiger partial charge on any atom is -0.459 e. The highest BCUT2D eigenvalue weighted by Gasteiger charge is 2.24. The van der Waals surface area contributed by atoms with Crippen molar-refractivity contribution in [1.29, 1.82) is 0 Å². The Labute approximate surface area is 129 Å². The van der Waals surface area contributed by atoms with Gasteiger partial charge < -0.3 is 9.32 Å². The maximum absolute atomic E-state index is 12.2. The summed E-state index contributed by atoms with van der Waals surface area (Å²) >= 11 is 0. The number of ketones is 1. The largest absolute Gasteiger partial charge is 0.459 e. The van der Waals surface area contributed by atoms with Gasteiger partial charge in [0.05, 0.1) is 12.8 Å². The van der Waals surface area contributed by atoms with E-state index in [1.807, 2.05) is 30.3 Å². The van der Waals surface area contributed by atoms with Crippen molar-refractivity contribution in [2.24, 2.45) is 0 Å². The molecule has 114 valence electrons. The number of furan rings is 1. The van der Waals surface area contributed by atoms with Gasteiger partial charge in [0.1, 0.15) is 0 Å². The van der Waals surface area contributed by atoms with Crippen LogP contribution < -0.4 is 0 Å². The fourth-order valence-electron chi connectivity index (χ4n) is 2.58. The SMILES string of the molecule is O=C(CN1CCN(C(=O)c2ccco2)CC1)c1ccccc1. The van der Waals surface area contributed by atoms with Gasteiger partial charge in [-0.05, 0) is 12.1 Å². The summed E-state index contributed by atoms with van der Waals surface area (Å²) in [4.78, 5) is 28.2. The number of amides is 1. The third kappa shape index (κ3) is 3.26. The smallest absolute Gasteiger partial charge is 0.289 e. The Hall–Kier alpha value is -2.40. The van der Waals surface area contributed by atoms with Gasteiger partial charge in [-0.1, -0.05) is 30.3 Å². The molecule has 5 nitrogen and oxygen atoms in total. The van der Waals surface area contributed by atoms with E-state index in [0.29, 0.717) is 38.5 Å². The van der Waals surface area contributed by atoms with Crippen LogP contribution in [-0.4, -0.2) is 54.2 Å². The molecule has 0 saturated carbocycles. The van der Waals surface area contributed by atoms with Crippen molar-refractivity contribution in [2.75, 3.05) is 32.7 Å². The van der Waals surface area contributed by atoms with Gasteiger partial charge in [-0.2, -0.15) is 0 Å². The van der Waals surface area contributed by atoms with Gasteiger partial charge in [0.25, 0.3) is 5.91 Å². The quantitative estimate of drug-likeness (QED) is 0.809. The van der Waals surface area contributed by atoms with Crippen LogP contribution in [0, 0.1) is 0 Å². The fraction of sp³-hybridized carbons (Fsp3) is 0.294. The highest BCUT2D eigenvalue weighted by atomic mass is 16.3. The lowest BCUT2D eigenvalue weighted by Crippen LogP contribution is -2.49. The zero-order chi connectivity index (χ0) is 15.4. The Balaban J connectivity index is 1.52. The lowest BCUT2D eigenvalue weighted by molar-refractivity contribution is 0.0596. The van der Waals surface area contributed by atoms with Crippen molar-refractivity contribution in [1.82, 2.24) is 9.80 Å². The molecular formula is C17H18N2O3. The third-order valence-corrected chi connectivity index (χ3v) is 3.85. The first-order valence-electron chi connectivity index (χ1n) is 7.37. The highest BCUT2D eigenvalue weighted by Crippen LogP contribution is 2.10. The number of benzene rings is 1. The Kier molecular flexibility index (Phi) is 4.34. The molecule has 2 aromatic rings. The number of nitrogens with zero attached hydrogens (tertiary/aromatic N) is 2. The molecule has 5 heteroatoms. The number of carbonyl (C=O) groups is 2. The summed E-state index contributed by atoms with van der Waals surface area (Å²) in [5, 5.41) is 0. The lowest BCUT2D eigenvalue weighted by Gasteiger charge is -2.33. The van der Waals surface area contributed by atoms with Crippen LogP contribution in [0.4, 0.5) is 0 Å². The van der Waals surface area contributed by atoms with E-state index in [9.17, 15) is 9.59 Å². The zero-order valence-electron chi connectivity index (χ0n) is 12.3. The van der Waals surface area contributed by atoms with Crippen molar-refractivity contribution in [3.05, 3.63) is 60.1 Å². The number of Topliss-reactive ketones (excluding diaryl/α,β-unsaturated/α-hetero) is 1. The number of hydrogen-bond donors (Lipinski definition) is 0. The fourth-order valence-corrected chi connectivity index (χ4v) is 2.58. The molecule has 0 atom stereocenters. The first-order chi connectivity index (χ1) is 10.7. The molecule has 0 spiro atoms. The topological polar surface area (TPSA) is 53.8 Å². The minimum atomic E-state index is -0.0842. The Bertz CT molecular complexity index is 629. The first kappa shape index (κ1) is 14.5. The van der Waals surface area contributed by atoms with Crippen LogP contribution in [-0.2, 0) is 0 Å². The first-order valence-corrected chi connectivity index (χ1v) is 7.37. The van der Waals surface area contributed by atoms with Crippen molar-refractivity contribution < 1.29 is 14.0 Å². The molecule has 0 aliphatic carbocycles. The molecule has 0 unspecified atom stereocenters. The number of hydrogen-bond acceptors (Lipinski definition) is 4. The van der Waals surface area contributed by atoms with Crippen LogP contribution in [0.3, 0.4) is 0 Å². The molecule has 3 rings (SSSR count). The van der Waals surface area contributed by atoms with Crippen molar-refractivity contribution in [2.45, 2.75) is 0 Å². The maximum Gasteiger partial charge on any atom is 0.289 e. The summed E-state index contributed by atoms with van der Waals surface area (Å²) < 4.78 is 5.14. The van der Waals surface area contributed by atoms with Crippen LogP contribution >= 0.6 is 0 Å². The zero-order valence-corrected chi connectivity index (χ0v) is 12.3. The lowest BCUT2D eigenvalue weighted by atomic mass is 10.1. The molecule has 1 aromatic carbocycles. The van der Waals surface area contributed by atoms with Crippen LogP contribution in [0.2, 0.25) is 0 Å². The van der Waals surface area contributed by atoms with Gasteiger partial charge in [0.15, 0.2) is 11.5 Å². The van der Waals surface area contributed by atoms with Gasteiger partial charge in [-0.3, -0.25) is 14.5 Å². The molecule has 1 saturated heterocycles. The number of piperazine rings is 1. The molecule has 1 fully saturated rings. The Morgan fingerprint density at radius 1 is 0.955 bits per heavy atom. The monoisotopic (exact) mass is 298 g/mol. The van der Waals surface area contributed by atoms with Gasteiger partial charge >= 0.3 is 0 Å². The summed E-state index contributed by atoms with van der Waals surface area (Å²) in [5.74, 6) is 0.402. The van der Waals surface area contributed by atoms with Crippen molar-refractivity contribution >= 4 is 11.7 Å². The predicted molar refractivity (Wildman–Crippen MR) is 81.8 cm³/mol. The Morgan fingerprint density at radius 2 is 1.68 bits per heavy atom. The van der Waals surface area contributed by atoms with Gasteiger partial charge in [-0.15, -0.1) is 0 Å². The summed E-state index contributed by atoms with van der Waals surface area (Å²) in [7, 11) is 0. The average molecular weight is 298 g/mol. The minimum absolute atomic E-state index is 0.0842. The summed E-state index contributed by atoms with van der Waals surface area (Å²) in [6, 6.07) is 12.7. The number of rotatable bonds is 4. The molecule has 1 aliphatic heterocycles. The second-order valence-corrected chi connectivity index (χ2v) is 5.33. The summed E-state index contributed by atoms with van der Waals surface area (Å²) in [5.41, 5.74) is 0.733. The van der Waals surface area contributed by atoms with E-state index in [-0.39, 0.29) is 11.7 Å². The van der Waals surface area contributed by atoms with E-state index >= 15 is 0 Å². The molecule has 0 bridgehead atoms. The van der Waals surface area contributed by atoms with Crippen molar-refractivity contribution in [3.63, 3.8) is 0 Å². The molecule has 1 aromatic heterocycles. The average Bonchev–Trinajstić information content (AvgIpc) is 3.10. The van der Waals surface area contributed by atoms with Gasteiger partial charge in [-0.25, -0.2) is 0 Å². The summed E-state index contributed by atoms with van der Waals surface area (Å²) in [6.45, 7) is 3.02. The molecular weight excluding hydrogens is 280 g/mol. The summed E-state index contributed by atoms with van der Waals surface area (Å²) in [6.07, 6.45) is 1.50. The molecule has 1 aliphatic rings. The second kappa shape index (κ2) is 6.58. The molecule has 1 amide bonds. The second-order valence-electron chi connectivity index (χ2n) is 5.33. The molecule has 22 heavy (non-hydrogen) atoms. The van der Waals surface area contributed by atoms with E-state index in [0.717, 1.165) is 5.56 Å². The van der Waals surface area contributed by atoms with Crippen LogP contribution in [0.1, 0.15) is 20.9 Å². The van der Waals surface area contributed by atoms with E-state index in [1.165, 1.54) is 6.26 Å². The van der Waals surface area contributed by atoms with Crippen LogP contribution in [0.5, 0.6) is 0 Å².